The Morgan fingerprint density at radius 1 is 1.27 bits per heavy atom. The van der Waals surface area contributed by atoms with E-state index in [0.29, 0.717) is 48.2 Å². The van der Waals surface area contributed by atoms with Gasteiger partial charge in [-0.3, -0.25) is 10.0 Å². The minimum Gasteiger partial charge on any atom is -0.733 e. The zero-order valence-corrected chi connectivity index (χ0v) is 18.0. The smallest absolute Gasteiger partial charge is 0.259 e. The predicted molar refractivity (Wildman–Crippen MR) is 116 cm³/mol. The second-order valence-electron chi connectivity index (χ2n) is 7.08. The Balaban J connectivity index is 1.50. The minimum atomic E-state index is -0.222. The molecule has 1 aliphatic heterocycles. The fourth-order valence-corrected chi connectivity index (χ4v) is 4.78. The number of thiophene rings is 1. The molecule has 0 saturated carbocycles. The van der Waals surface area contributed by atoms with Crippen LogP contribution in [0.5, 0.6) is 0 Å². The van der Waals surface area contributed by atoms with E-state index >= 15 is 0 Å². The third-order valence-corrected chi connectivity index (χ3v) is 6.54. The summed E-state index contributed by atoms with van der Waals surface area (Å²) in [5.41, 5.74) is 2.99. The monoisotopic (exact) mass is 447 g/mol. The van der Waals surface area contributed by atoms with Crippen LogP contribution >= 0.6 is 22.9 Å². The highest BCUT2D eigenvalue weighted by molar-refractivity contribution is 7.13. The molecule has 3 aromatic rings. The van der Waals surface area contributed by atoms with Gasteiger partial charge in [0.25, 0.3) is 5.91 Å². The van der Waals surface area contributed by atoms with Gasteiger partial charge in [-0.25, -0.2) is 0 Å². The number of hydrogen-bond donors (Lipinski definition) is 1. The second kappa shape index (κ2) is 8.27. The molecule has 1 amide bonds. The van der Waals surface area contributed by atoms with Crippen LogP contribution in [0.15, 0.2) is 34.2 Å². The van der Waals surface area contributed by atoms with Crippen molar-refractivity contribution in [1.82, 2.24) is 10.1 Å². The topological polar surface area (TPSA) is 96.1 Å². The quantitative estimate of drug-likeness (QED) is 0.594. The lowest BCUT2D eigenvalue weighted by Crippen LogP contribution is -2.49. The molecule has 0 unspecified atom stereocenters. The number of nitrogens with zero attached hydrogens (tertiary/aromatic N) is 4. The number of anilines is 2. The van der Waals surface area contributed by atoms with Crippen molar-refractivity contribution in [3.63, 3.8) is 0 Å². The highest BCUT2D eigenvalue weighted by Crippen LogP contribution is 2.34. The maximum atomic E-state index is 13.3. The van der Waals surface area contributed by atoms with Gasteiger partial charge in [-0.1, -0.05) is 16.8 Å². The Bertz CT molecular complexity index is 1070. The van der Waals surface area contributed by atoms with Crippen molar-refractivity contribution in [2.75, 3.05) is 36.3 Å². The fourth-order valence-electron chi connectivity index (χ4n) is 3.57. The summed E-state index contributed by atoms with van der Waals surface area (Å²) in [6, 6.07) is 6.60. The molecule has 4 rings (SSSR count). The molecule has 2 aromatic heterocycles. The van der Waals surface area contributed by atoms with Gasteiger partial charge in [0.1, 0.15) is 17.0 Å². The highest BCUT2D eigenvalue weighted by Gasteiger charge is 2.30. The summed E-state index contributed by atoms with van der Waals surface area (Å²) in [6.07, 6.45) is 0. The van der Waals surface area contributed by atoms with Gasteiger partial charge in [0.2, 0.25) is 0 Å². The minimum absolute atomic E-state index is 0.0666. The van der Waals surface area contributed by atoms with Crippen LogP contribution in [0.1, 0.15) is 21.7 Å². The molecular formula is C20H20ClN4O4S-. The molecule has 1 fully saturated rings. The summed E-state index contributed by atoms with van der Waals surface area (Å²) >= 11 is 7.82. The Morgan fingerprint density at radius 2 is 2.00 bits per heavy atom. The summed E-state index contributed by atoms with van der Waals surface area (Å²) in [5.74, 6) is 0.412. The largest absolute Gasteiger partial charge is 0.733 e. The van der Waals surface area contributed by atoms with Crippen LogP contribution in [-0.4, -0.2) is 47.4 Å². The molecule has 0 atom stereocenters. The number of carbonyl (C=O) groups is 1. The van der Waals surface area contributed by atoms with Crippen molar-refractivity contribution >= 4 is 40.2 Å². The first-order chi connectivity index (χ1) is 14.4. The standard InChI is InChI=1S/C20H20ClN4O4S/c1-12-5-10-30-19(12)18-17(13(2)29-22-18)20(26)24-8-6-23(7-9-24)16-4-3-14(25(27)28)11-15(16)21/h3-5,10-11,27H,6-9H2,1-2H3/q-1. The molecule has 1 aliphatic rings. The van der Waals surface area contributed by atoms with Crippen molar-refractivity contribution in [3.05, 3.63) is 56.8 Å². The van der Waals surface area contributed by atoms with E-state index in [2.05, 4.69) is 5.16 Å². The second-order valence-corrected chi connectivity index (χ2v) is 8.41. The lowest BCUT2D eigenvalue weighted by atomic mass is 10.1. The maximum absolute atomic E-state index is 13.3. The van der Waals surface area contributed by atoms with Crippen LogP contribution < -0.4 is 10.1 Å². The van der Waals surface area contributed by atoms with Crippen molar-refractivity contribution in [1.29, 1.82) is 0 Å². The Morgan fingerprint density at radius 3 is 2.60 bits per heavy atom. The van der Waals surface area contributed by atoms with Crippen molar-refractivity contribution in [2.24, 2.45) is 0 Å². The molecule has 0 bridgehead atoms. The van der Waals surface area contributed by atoms with E-state index in [1.165, 1.54) is 23.5 Å². The van der Waals surface area contributed by atoms with Gasteiger partial charge < -0.3 is 24.8 Å². The number of aryl methyl sites for hydroxylation is 2. The molecule has 0 spiro atoms. The summed E-state index contributed by atoms with van der Waals surface area (Å²) in [4.78, 5) is 18.0. The average molecular weight is 448 g/mol. The molecule has 1 aromatic carbocycles. The van der Waals surface area contributed by atoms with Gasteiger partial charge in [-0.15, -0.1) is 11.3 Å². The third kappa shape index (κ3) is 3.77. The van der Waals surface area contributed by atoms with Crippen LogP contribution in [0.2, 0.25) is 5.02 Å². The molecule has 3 heterocycles. The number of amides is 1. The normalized spacial score (nSPS) is 14.3. The lowest BCUT2D eigenvalue weighted by molar-refractivity contribution is 0.0745. The summed E-state index contributed by atoms with van der Waals surface area (Å²) in [5, 5.41) is 26.3. The number of hydrogen-bond acceptors (Lipinski definition) is 8. The highest BCUT2D eigenvalue weighted by atomic mass is 35.5. The summed E-state index contributed by atoms with van der Waals surface area (Å²) in [6.45, 7) is 5.94. The zero-order valence-electron chi connectivity index (χ0n) is 16.5. The molecule has 10 heteroatoms. The van der Waals surface area contributed by atoms with Gasteiger partial charge in [-0.05, 0) is 49.1 Å². The number of halogens is 1. The van der Waals surface area contributed by atoms with Crippen LogP contribution in [0.4, 0.5) is 11.4 Å². The van der Waals surface area contributed by atoms with E-state index in [1.54, 1.807) is 17.9 Å². The average Bonchev–Trinajstić information content (AvgIpc) is 3.32. The number of aromatic nitrogens is 1. The van der Waals surface area contributed by atoms with E-state index in [-0.39, 0.29) is 16.8 Å². The number of rotatable bonds is 4. The zero-order chi connectivity index (χ0) is 21.4. The molecule has 158 valence electrons. The molecule has 0 aliphatic carbocycles. The van der Waals surface area contributed by atoms with E-state index in [4.69, 9.17) is 21.3 Å². The molecule has 1 saturated heterocycles. The van der Waals surface area contributed by atoms with Gasteiger partial charge >= 0.3 is 0 Å². The predicted octanol–water partition coefficient (Wildman–Crippen LogP) is 4.33. The van der Waals surface area contributed by atoms with E-state index in [9.17, 15) is 10.0 Å². The van der Waals surface area contributed by atoms with E-state index in [1.807, 2.05) is 23.3 Å². The van der Waals surface area contributed by atoms with E-state index in [0.717, 1.165) is 16.1 Å². The Hall–Kier alpha value is -2.59. The summed E-state index contributed by atoms with van der Waals surface area (Å²) < 4.78 is 5.35. The Labute approximate surface area is 182 Å². The van der Waals surface area contributed by atoms with Crippen molar-refractivity contribution in [3.8, 4) is 10.6 Å². The van der Waals surface area contributed by atoms with Crippen LogP contribution in [-0.2, 0) is 0 Å². The van der Waals surface area contributed by atoms with Crippen LogP contribution in [0.3, 0.4) is 0 Å². The first kappa shape index (κ1) is 20.7. The molecular weight excluding hydrogens is 428 g/mol. The van der Waals surface area contributed by atoms with Gasteiger partial charge in [-0.2, -0.15) is 0 Å². The first-order valence-corrected chi connectivity index (χ1v) is 10.6. The molecule has 8 nitrogen and oxygen atoms in total. The number of carbonyl (C=O) groups excluding carboxylic acids is 1. The SMILES string of the molecule is Cc1ccsc1-c1noc(C)c1C(=O)N1CCN(c2ccc(N([O-])O)cc2Cl)CC1. The lowest BCUT2D eigenvalue weighted by Gasteiger charge is -2.36. The third-order valence-electron chi connectivity index (χ3n) is 5.21. The van der Waals surface area contributed by atoms with Gasteiger partial charge in [0.15, 0.2) is 0 Å². The van der Waals surface area contributed by atoms with E-state index < -0.39 is 0 Å². The number of piperazine rings is 1. The molecule has 1 N–H and O–H groups in total. The van der Waals surface area contributed by atoms with Crippen LogP contribution in [0.25, 0.3) is 10.6 Å². The van der Waals surface area contributed by atoms with Gasteiger partial charge in [0.05, 0.1) is 21.3 Å². The molecule has 30 heavy (non-hydrogen) atoms. The maximum Gasteiger partial charge on any atom is 0.259 e. The van der Waals surface area contributed by atoms with Crippen molar-refractivity contribution in [2.45, 2.75) is 13.8 Å². The molecule has 0 radical (unpaired) electrons. The fraction of sp³-hybridized carbons (Fsp3) is 0.300. The van der Waals surface area contributed by atoms with Gasteiger partial charge in [0, 0.05) is 26.2 Å². The number of benzene rings is 1. The Kier molecular flexibility index (Phi) is 5.70. The van der Waals surface area contributed by atoms with Crippen LogP contribution in [0, 0.1) is 19.1 Å². The summed E-state index contributed by atoms with van der Waals surface area (Å²) in [7, 11) is 0. The first-order valence-electron chi connectivity index (χ1n) is 9.37. The van der Waals surface area contributed by atoms with Crippen molar-refractivity contribution < 1.29 is 14.5 Å².